The maximum Gasteiger partial charge on any atom is 0.261 e. The predicted molar refractivity (Wildman–Crippen MR) is 94.6 cm³/mol. The lowest BCUT2D eigenvalue weighted by molar-refractivity contribution is 0.727. The van der Waals surface area contributed by atoms with Crippen LogP contribution >= 0.6 is 11.8 Å². The van der Waals surface area contributed by atoms with Crippen molar-refractivity contribution in [2.45, 2.75) is 19.0 Å². The SMILES string of the molecule is CC(C)=CCSc1nc2cc3ccccc3cc2c(=O)n1C. The van der Waals surface area contributed by atoms with E-state index in [0.29, 0.717) is 5.39 Å². The second-order valence-corrected chi connectivity index (χ2v) is 6.55. The van der Waals surface area contributed by atoms with Crippen molar-refractivity contribution in [3.63, 3.8) is 0 Å². The van der Waals surface area contributed by atoms with Crippen LogP contribution in [-0.4, -0.2) is 15.3 Å². The standard InChI is InChI=1S/C18H18N2OS/c1-12(2)8-9-22-18-19-16-11-14-7-5-4-6-13(14)10-15(16)17(21)20(18)3/h4-8,10-11H,9H2,1-3H3. The first-order chi connectivity index (χ1) is 10.6. The van der Waals surface area contributed by atoms with E-state index < -0.39 is 0 Å². The molecule has 0 atom stereocenters. The fourth-order valence-electron chi connectivity index (χ4n) is 2.35. The molecule has 0 spiro atoms. The molecule has 4 heteroatoms. The highest BCUT2D eigenvalue weighted by atomic mass is 32.2. The van der Waals surface area contributed by atoms with Crippen LogP contribution in [0.4, 0.5) is 0 Å². The van der Waals surface area contributed by atoms with Crippen molar-refractivity contribution in [3.05, 3.63) is 58.4 Å². The minimum Gasteiger partial charge on any atom is -0.290 e. The van der Waals surface area contributed by atoms with E-state index in [2.05, 4.69) is 24.9 Å². The summed E-state index contributed by atoms with van der Waals surface area (Å²) < 4.78 is 1.64. The Hall–Kier alpha value is -2.07. The average molecular weight is 310 g/mol. The van der Waals surface area contributed by atoms with Gasteiger partial charge in [-0.2, -0.15) is 0 Å². The summed E-state index contributed by atoms with van der Waals surface area (Å²) in [5, 5.41) is 3.60. The minimum atomic E-state index is 0.00968. The van der Waals surface area contributed by atoms with Crippen molar-refractivity contribution in [2.24, 2.45) is 7.05 Å². The normalized spacial score (nSPS) is 11.0. The zero-order valence-electron chi connectivity index (χ0n) is 13.0. The van der Waals surface area contributed by atoms with E-state index in [0.717, 1.165) is 27.2 Å². The predicted octanol–water partition coefficient (Wildman–Crippen LogP) is 4.15. The van der Waals surface area contributed by atoms with Crippen molar-refractivity contribution in [3.8, 4) is 0 Å². The Kier molecular flexibility index (Phi) is 4.03. The largest absolute Gasteiger partial charge is 0.290 e. The number of hydrogen-bond donors (Lipinski definition) is 0. The lowest BCUT2D eigenvalue weighted by atomic mass is 10.1. The van der Waals surface area contributed by atoms with Crippen LogP contribution in [0.3, 0.4) is 0 Å². The van der Waals surface area contributed by atoms with Gasteiger partial charge in [0.1, 0.15) is 0 Å². The third-order valence-electron chi connectivity index (χ3n) is 3.61. The van der Waals surface area contributed by atoms with Crippen LogP contribution in [0.5, 0.6) is 0 Å². The lowest BCUT2D eigenvalue weighted by Gasteiger charge is -2.09. The molecule has 0 bridgehead atoms. The molecule has 0 fully saturated rings. The molecule has 2 aromatic carbocycles. The Labute approximate surface area is 133 Å². The number of thioether (sulfide) groups is 1. The highest BCUT2D eigenvalue weighted by Gasteiger charge is 2.09. The smallest absolute Gasteiger partial charge is 0.261 e. The zero-order valence-corrected chi connectivity index (χ0v) is 13.8. The Bertz CT molecular complexity index is 937. The summed E-state index contributed by atoms with van der Waals surface area (Å²) in [6.07, 6.45) is 2.14. The summed E-state index contributed by atoms with van der Waals surface area (Å²) in [6, 6.07) is 12.0. The van der Waals surface area contributed by atoms with Gasteiger partial charge in [-0.3, -0.25) is 9.36 Å². The molecule has 3 aromatic rings. The van der Waals surface area contributed by atoms with Crippen LogP contribution < -0.4 is 5.56 Å². The first-order valence-electron chi connectivity index (χ1n) is 7.22. The van der Waals surface area contributed by atoms with Crippen LogP contribution in [0.25, 0.3) is 21.7 Å². The average Bonchev–Trinajstić information content (AvgIpc) is 2.50. The first kappa shape index (κ1) is 14.9. The molecule has 0 aliphatic heterocycles. The highest BCUT2D eigenvalue weighted by Crippen LogP contribution is 2.22. The number of hydrogen-bond acceptors (Lipinski definition) is 3. The van der Waals surface area contributed by atoms with E-state index in [-0.39, 0.29) is 5.56 Å². The fraction of sp³-hybridized carbons (Fsp3) is 0.222. The summed E-state index contributed by atoms with van der Waals surface area (Å²) in [7, 11) is 1.79. The quantitative estimate of drug-likeness (QED) is 0.315. The third kappa shape index (κ3) is 2.79. The van der Waals surface area contributed by atoms with E-state index in [1.165, 1.54) is 5.57 Å². The van der Waals surface area contributed by atoms with Gasteiger partial charge in [-0.1, -0.05) is 47.7 Å². The van der Waals surface area contributed by atoms with Gasteiger partial charge in [-0.05, 0) is 36.8 Å². The summed E-state index contributed by atoms with van der Waals surface area (Å²) in [6.45, 7) is 4.14. The number of nitrogens with zero attached hydrogens (tertiary/aromatic N) is 2. The molecular weight excluding hydrogens is 292 g/mol. The molecule has 3 rings (SSSR count). The number of aromatic nitrogens is 2. The molecule has 0 aliphatic carbocycles. The van der Waals surface area contributed by atoms with Gasteiger partial charge < -0.3 is 0 Å². The van der Waals surface area contributed by atoms with Gasteiger partial charge in [0.15, 0.2) is 5.16 Å². The van der Waals surface area contributed by atoms with Gasteiger partial charge in [0, 0.05) is 12.8 Å². The van der Waals surface area contributed by atoms with Crippen molar-refractivity contribution >= 4 is 33.4 Å². The third-order valence-corrected chi connectivity index (χ3v) is 4.56. The number of fused-ring (bicyclic) bond motifs is 2. The van der Waals surface area contributed by atoms with Gasteiger partial charge in [-0.25, -0.2) is 4.98 Å². The maximum atomic E-state index is 12.6. The lowest BCUT2D eigenvalue weighted by Crippen LogP contribution is -2.20. The number of allylic oxidation sites excluding steroid dienone is 1. The van der Waals surface area contributed by atoms with Crippen molar-refractivity contribution < 1.29 is 0 Å². The Morgan fingerprint density at radius 1 is 1.23 bits per heavy atom. The van der Waals surface area contributed by atoms with Gasteiger partial charge >= 0.3 is 0 Å². The summed E-state index contributed by atoms with van der Waals surface area (Å²) >= 11 is 1.59. The van der Waals surface area contributed by atoms with Gasteiger partial charge in [-0.15, -0.1) is 0 Å². The monoisotopic (exact) mass is 310 g/mol. The fourth-order valence-corrected chi connectivity index (χ4v) is 3.35. The molecule has 0 amide bonds. The molecular formula is C18H18N2OS. The zero-order chi connectivity index (χ0) is 15.7. The molecule has 0 aliphatic rings. The minimum absolute atomic E-state index is 0.00968. The van der Waals surface area contributed by atoms with E-state index in [1.807, 2.05) is 36.4 Å². The van der Waals surface area contributed by atoms with Gasteiger partial charge in [0.05, 0.1) is 10.9 Å². The second-order valence-electron chi connectivity index (χ2n) is 5.57. The molecule has 0 saturated carbocycles. The molecule has 112 valence electrons. The topological polar surface area (TPSA) is 34.9 Å². The Morgan fingerprint density at radius 2 is 1.91 bits per heavy atom. The molecule has 3 nitrogen and oxygen atoms in total. The van der Waals surface area contributed by atoms with Crippen LogP contribution in [0.1, 0.15) is 13.8 Å². The summed E-state index contributed by atoms with van der Waals surface area (Å²) in [5.74, 6) is 0.821. The van der Waals surface area contributed by atoms with Crippen molar-refractivity contribution in [2.75, 3.05) is 5.75 Å². The van der Waals surface area contributed by atoms with Gasteiger partial charge in [0.2, 0.25) is 0 Å². The van der Waals surface area contributed by atoms with E-state index >= 15 is 0 Å². The molecule has 0 unspecified atom stereocenters. The van der Waals surface area contributed by atoms with Crippen LogP contribution in [0.15, 0.2) is 58.0 Å². The van der Waals surface area contributed by atoms with Crippen molar-refractivity contribution in [1.29, 1.82) is 0 Å². The Balaban J connectivity index is 2.15. The van der Waals surface area contributed by atoms with E-state index in [4.69, 9.17) is 0 Å². The Morgan fingerprint density at radius 3 is 2.59 bits per heavy atom. The summed E-state index contributed by atoms with van der Waals surface area (Å²) in [5.41, 5.74) is 2.04. The molecule has 1 heterocycles. The molecule has 0 radical (unpaired) electrons. The van der Waals surface area contributed by atoms with E-state index in [9.17, 15) is 4.79 Å². The van der Waals surface area contributed by atoms with Crippen LogP contribution in [0.2, 0.25) is 0 Å². The maximum absolute atomic E-state index is 12.6. The number of rotatable bonds is 3. The van der Waals surface area contributed by atoms with Crippen molar-refractivity contribution in [1.82, 2.24) is 9.55 Å². The summed E-state index contributed by atoms with van der Waals surface area (Å²) in [4.78, 5) is 17.3. The van der Waals surface area contributed by atoms with Crippen LogP contribution in [-0.2, 0) is 7.05 Å². The molecule has 1 aromatic heterocycles. The number of benzene rings is 2. The van der Waals surface area contributed by atoms with Gasteiger partial charge in [0.25, 0.3) is 5.56 Å². The molecule has 0 saturated heterocycles. The van der Waals surface area contributed by atoms with E-state index in [1.54, 1.807) is 23.4 Å². The van der Waals surface area contributed by atoms with Crippen LogP contribution in [0, 0.1) is 0 Å². The first-order valence-corrected chi connectivity index (χ1v) is 8.20. The second kappa shape index (κ2) is 5.97. The molecule has 0 N–H and O–H groups in total. The molecule has 22 heavy (non-hydrogen) atoms. The highest BCUT2D eigenvalue weighted by molar-refractivity contribution is 7.99.